The molecule has 32 heavy (non-hydrogen) atoms. The quantitative estimate of drug-likeness (QED) is 0.674. The highest BCUT2D eigenvalue weighted by Crippen LogP contribution is 2.56. The Morgan fingerprint density at radius 1 is 1.09 bits per heavy atom. The van der Waals surface area contributed by atoms with Crippen LogP contribution < -0.4 is 0 Å². The van der Waals surface area contributed by atoms with Gasteiger partial charge in [-0.15, -0.1) is 11.8 Å². The maximum Gasteiger partial charge on any atom is 0.191 e. The fourth-order valence-electron chi connectivity index (χ4n) is 4.97. The first-order chi connectivity index (χ1) is 15.4. The molecule has 0 radical (unpaired) electrons. The molecular weight excluding hydrogens is 434 g/mol. The Balaban J connectivity index is 1.59. The molecule has 1 spiro atoms. The number of hydrogen-bond acceptors (Lipinski definition) is 6. The van der Waals surface area contributed by atoms with Gasteiger partial charge in [0.05, 0.1) is 11.5 Å². The fourth-order valence-corrected chi connectivity index (χ4v) is 6.08. The van der Waals surface area contributed by atoms with Crippen molar-refractivity contribution in [2.75, 3.05) is 6.54 Å². The standard InChI is InChI=1S/C24H20F2N2O3S/c25-16-6-5-13-15(19(16)26)11-32-18-4-2-1-3-14(18)20(13)28-12-24(8-9-24)23(31)21-22(30)17(29)7-10-27(21)28/h1-7,10,17,20,29-30H,8-9,11-12H2/t17?,20-/m1/s1. The molecule has 1 unspecified atom stereocenters. The van der Waals surface area contributed by atoms with Gasteiger partial charge in [-0.05, 0) is 42.2 Å². The number of halogens is 2. The van der Waals surface area contributed by atoms with Crippen LogP contribution in [-0.2, 0) is 10.5 Å². The molecule has 2 N–H and O–H groups in total. The van der Waals surface area contributed by atoms with E-state index in [1.807, 2.05) is 29.3 Å². The van der Waals surface area contributed by atoms with Crippen LogP contribution >= 0.6 is 11.8 Å². The van der Waals surface area contributed by atoms with Crippen LogP contribution in [0.25, 0.3) is 0 Å². The van der Waals surface area contributed by atoms with E-state index in [0.717, 1.165) is 16.5 Å². The summed E-state index contributed by atoms with van der Waals surface area (Å²) in [7, 11) is 0. The van der Waals surface area contributed by atoms with E-state index in [4.69, 9.17) is 0 Å². The van der Waals surface area contributed by atoms with Gasteiger partial charge in [-0.3, -0.25) is 9.80 Å². The minimum absolute atomic E-state index is 0.0577. The van der Waals surface area contributed by atoms with Gasteiger partial charge < -0.3 is 10.2 Å². The number of nitrogens with zero attached hydrogens (tertiary/aromatic N) is 2. The largest absolute Gasteiger partial charge is 0.507 e. The van der Waals surface area contributed by atoms with Crippen LogP contribution in [0.15, 0.2) is 65.0 Å². The van der Waals surface area contributed by atoms with Crippen molar-refractivity contribution in [2.45, 2.75) is 35.6 Å². The molecule has 164 valence electrons. The van der Waals surface area contributed by atoms with E-state index in [-0.39, 0.29) is 23.0 Å². The highest BCUT2D eigenvalue weighted by molar-refractivity contribution is 7.98. The topological polar surface area (TPSA) is 64.0 Å². The van der Waals surface area contributed by atoms with Gasteiger partial charge in [0, 0.05) is 29.0 Å². The lowest BCUT2D eigenvalue weighted by atomic mass is 9.88. The number of rotatable bonds is 1. The molecule has 2 atom stereocenters. The summed E-state index contributed by atoms with van der Waals surface area (Å²) in [6.45, 7) is 0.380. The molecule has 2 fully saturated rings. The first kappa shape index (κ1) is 20.0. The Morgan fingerprint density at radius 3 is 2.66 bits per heavy atom. The number of carbonyl (C=O) groups excluding carboxylic acids is 1. The van der Waals surface area contributed by atoms with Gasteiger partial charge in [-0.2, -0.15) is 0 Å². The first-order valence-corrected chi connectivity index (χ1v) is 11.5. The molecule has 4 aliphatic rings. The number of allylic oxidation sites excluding steroid dienone is 1. The summed E-state index contributed by atoms with van der Waals surface area (Å²) in [4.78, 5) is 14.2. The Morgan fingerprint density at radius 2 is 1.88 bits per heavy atom. The predicted molar refractivity (Wildman–Crippen MR) is 114 cm³/mol. The molecule has 8 heteroatoms. The summed E-state index contributed by atoms with van der Waals surface area (Å²) in [5, 5.41) is 24.3. The molecular formula is C24H20F2N2O3S. The molecule has 1 saturated carbocycles. The monoisotopic (exact) mass is 454 g/mol. The third-order valence-corrected chi connectivity index (χ3v) is 7.98. The molecule has 6 rings (SSSR count). The molecule has 1 saturated heterocycles. The van der Waals surface area contributed by atoms with E-state index in [1.165, 1.54) is 17.8 Å². The molecule has 0 amide bonds. The SMILES string of the molecule is O=C1C2=C(O)C(O)C=CN2N([C@H]2c3ccccc3SCc3c2ccc(F)c3F)CC12CC2. The number of hydrogen-bond donors (Lipinski definition) is 2. The zero-order chi connectivity index (χ0) is 22.2. The first-order valence-electron chi connectivity index (χ1n) is 10.5. The summed E-state index contributed by atoms with van der Waals surface area (Å²) in [6.07, 6.45) is 3.10. The molecule has 0 bridgehead atoms. The lowest BCUT2D eigenvalue weighted by Crippen LogP contribution is -2.55. The van der Waals surface area contributed by atoms with E-state index in [2.05, 4.69) is 0 Å². The molecule has 5 nitrogen and oxygen atoms in total. The van der Waals surface area contributed by atoms with E-state index in [1.54, 1.807) is 17.3 Å². The van der Waals surface area contributed by atoms with Crippen molar-refractivity contribution in [2.24, 2.45) is 5.41 Å². The number of carbonyl (C=O) groups is 1. The third-order valence-electron chi connectivity index (χ3n) is 6.86. The van der Waals surface area contributed by atoms with E-state index in [9.17, 15) is 23.8 Å². The Hall–Kier alpha value is -2.68. The van der Waals surface area contributed by atoms with Crippen molar-refractivity contribution in [1.29, 1.82) is 0 Å². The van der Waals surface area contributed by atoms with Crippen LogP contribution in [0.5, 0.6) is 0 Å². The van der Waals surface area contributed by atoms with Gasteiger partial charge in [0.2, 0.25) is 0 Å². The Kier molecular flexibility index (Phi) is 4.31. The number of fused-ring (bicyclic) bond motifs is 3. The number of Topliss-reactive ketones (excluding diaryl/α,β-unsaturated/α-hetero) is 1. The predicted octanol–water partition coefficient (Wildman–Crippen LogP) is 4.20. The van der Waals surface area contributed by atoms with Crippen molar-refractivity contribution in [3.05, 3.63) is 88.5 Å². The second-order valence-electron chi connectivity index (χ2n) is 8.73. The lowest BCUT2D eigenvalue weighted by Gasteiger charge is -2.48. The third kappa shape index (κ3) is 2.73. The summed E-state index contributed by atoms with van der Waals surface area (Å²) in [6, 6.07) is 9.99. The number of ketones is 1. The summed E-state index contributed by atoms with van der Waals surface area (Å²) >= 11 is 1.45. The van der Waals surface area contributed by atoms with E-state index in [0.29, 0.717) is 30.5 Å². The molecule has 3 aliphatic heterocycles. The van der Waals surface area contributed by atoms with Crippen LogP contribution in [0.1, 0.15) is 35.6 Å². The van der Waals surface area contributed by atoms with Gasteiger partial charge in [-0.1, -0.05) is 24.3 Å². The minimum Gasteiger partial charge on any atom is -0.507 e. The molecule has 2 aromatic rings. The van der Waals surface area contributed by atoms with Crippen LogP contribution in [0, 0.1) is 17.0 Å². The Bertz CT molecular complexity index is 1220. The van der Waals surface area contributed by atoms with Gasteiger partial charge in [0.1, 0.15) is 11.8 Å². The molecule has 2 aromatic carbocycles. The highest BCUT2D eigenvalue weighted by atomic mass is 32.2. The highest BCUT2D eigenvalue weighted by Gasteiger charge is 2.59. The average molecular weight is 454 g/mol. The summed E-state index contributed by atoms with van der Waals surface area (Å²) in [5.41, 5.74) is 1.27. The molecule has 0 aromatic heterocycles. The number of benzene rings is 2. The van der Waals surface area contributed by atoms with Crippen LogP contribution in [-0.4, -0.2) is 38.7 Å². The van der Waals surface area contributed by atoms with Crippen molar-refractivity contribution in [3.63, 3.8) is 0 Å². The average Bonchev–Trinajstić information content (AvgIpc) is 3.58. The second kappa shape index (κ2) is 6.91. The lowest BCUT2D eigenvalue weighted by molar-refractivity contribution is -0.135. The number of aliphatic hydroxyl groups is 2. The number of aliphatic hydroxyl groups excluding tert-OH is 2. The summed E-state index contributed by atoms with van der Waals surface area (Å²) < 4.78 is 29.1. The molecule has 1 aliphatic carbocycles. The summed E-state index contributed by atoms with van der Waals surface area (Å²) in [5.74, 6) is -2.02. The number of thioether (sulfide) groups is 1. The molecule has 3 heterocycles. The van der Waals surface area contributed by atoms with Crippen molar-refractivity contribution >= 4 is 17.5 Å². The maximum atomic E-state index is 14.9. The minimum atomic E-state index is -1.25. The smallest absolute Gasteiger partial charge is 0.191 e. The van der Waals surface area contributed by atoms with E-state index >= 15 is 0 Å². The van der Waals surface area contributed by atoms with Crippen LogP contribution in [0.3, 0.4) is 0 Å². The van der Waals surface area contributed by atoms with Crippen molar-refractivity contribution in [1.82, 2.24) is 10.0 Å². The van der Waals surface area contributed by atoms with Crippen molar-refractivity contribution in [3.8, 4) is 0 Å². The van der Waals surface area contributed by atoms with Gasteiger partial charge >= 0.3 is 0 Å². The van der Waals surface area contributed by atoms with E-state index < -0.39 is 29.2 Å². The zero-order valence-corrected chi connectivity index (χ0v) is 17.8. The zero-order valence-electron chi connectivity index (χ0n) is 17.0. The van der Waals surface area contributed by atoms with Gasteiger partial charge in [0.15, 0.2) is 23.2 Å². The number of hydrazine groups is 1. The fraction of sp³-hybridized carbons (Fsp3) is 0.292. The second-order valence-corrected chi connectivity index (χ2v) is 9.75. The van der Waals surface area contributed by atoms with Gasteiger partial charge in [0.25, 0.3) is 0 Å². The van der Waals surface area contributed by atoms with Crippen molar-refractivity contribution < 1.29 is 23.8 Å². The maximum absolute atomic E-state index is 14.9. The normalized spacial score (nSPS) is 26.0. The Labute approximate surface area is 187 Å². The van der Waals surface area contributed by atoms with Gasteiger partial charge in [-0.25, -0.2) is 13.8 Å². The van der Waals surface area contributed by atoms with Crippen LogP contribution in [0.2, 0.25) is 0 Å². The van der Waals surface area contributed by atoms with Crippen LogP contribution in [0.4, 0.5) is 8.78 Å².